The van der Waals surface area contributed by atoms with Gasteiger partial charge in [0.1, 0.15) is 5.51 Å². The lowest BCUT2D eigenvalue weighted by molar-refractivity contribution is 0.636. The smallest absolute Gasteiger partial charge is 0.275 e. The maximum absolute atomic E-state index is 11.7. The van der Waals surface area contributed by atoms with E-state index in [4.69, 9.17) is 5.73 Å². The molecule has 0 bridgehead atoms. The minimum atomic E-state index is -0.199. The first-order chi connectivity index (χ1) is 8.76. The third-order valence-electron chi connectivity index (χ3n) is 2.36. The second-order valence-corrected chi connectivity index (χ2v) is 4.44. The highest BCUT2D eigenvalue weighted by Crippen LogP contribution is 2.05. The third kappa shape index (κ3) is 1.89. The Morgan fingerprint density at radius 3 is 3.06 bits per heavy atom. The third-order valence-corrected chi connectivity index (χ3v) is 3.03. The van der Waals surface area contributed by atoms with Gasteiger partial charge in [0.15, 0.2) is 0 Å². The Labute approximate surface area is 105 Å². The molecule has 0 aliphatic carbocycles. The maximum Gasteiger partial charge on any atom is 0.275 e. The summed E-state index contributed by atoms with van der Waals surface area (Å²) in [7, 11) is 0. The minimum absolute atomic E-state index is 0.199. The minimum Gasteiger partial charge on any atom is -0.325 e. The quantitative estimate of drug-likeness (QED) is 0.666. The Hall–Kier alpha value is -2.13. The maximum atomic E-state index is 11.7. The first-order valence-electron chi connectivity index (χ1n) is 5.18. The first-order valence-corrected chi connectivity index (χ1v) is 6.06. The molecule has 9 heteroatoms. The van der Waals surface area contributed by atoms with E-state index in [1.54, 1.807) is 16.4 Å². The number of rotatable bonds is 3. The van der Waals surface area contributed by atoms with Crippen LogP contribution in [-0.2, 0) is 13.1 Å². The van der Waals surface area contributed by atoms with Gasteiger partial charge in [-0.1, -0.05) is 16.6 Å². The number of aromatic nitrogens is 6. The van der Waals surface area contributed by atoms with E-state index in [0.29, 0.717) is 29.4 Å². The van der Waals surface area contributed by atoms with Gasteiger partial charge < -0.3 is 5.73 Å². The van der Waals surface area contributed by atoms with Gasteiger partial charge in [0.05, 0.1) is 24.1 Å². The molecule has 0 atom stereocenters. The lowest BCUT2D eigenvalue weighted by Gasteiger charge is -1.99. The molecule has 2 N–H and O–H groups in total. The van der Waals surface area contributed by atoms with Gasteiger partial charge in [-0.15, -0.1) is 5.10 Å². The number of nitrogens with zero attached hydrogens (tertiary/aromatic N) is 6. The lowest BCUT2D eigenvalue weighted by atomic mass is 10.4. The molecule has 0 amide bonds. The SMILES string of the molecule is NCc1cn(Cc2cc(=O)n3ncsc3n2)nn1. The van der Waals surface area contributed by atoms with Crippen molar-refractivity contribution in [2.45, 2.75) is 13.1 Å². The van der Waals surface area contributed by atoms with Crippen LogP contribution in [-0.4, -0.2) is 29.6 Å². The van der Waals surface area contributed by atoms with Crippen molar-refractivity contribution in [1.29, 1.82) is 0 Å². The number of hydrogen-bond acceptors (Lipinski definition) is 7. The summed E-state index contributed by atoms with van der Waals surface area (Å²) in [6.07, 6.45) is 1.73. The molecule has 0 aliphatic rings. The number of hydrogen-bond donors (Lipinski definition) is 1. The molecule has 0 fully saturated rings. The zero-order valence-electron chi connectivity index (χ0n) is 9.22. The van der Waals surface area contributed by atoms with Crippen LogP contribution in [0, 0.1) is 0 Å². The van der Waals surface area contributed by atoms with Crippen molar-refractivity contribution in [3.63, 3.8) is 0 Å². The van der Waals surface area contributed by atoms with Crippen LogP contribution in [0.3, 0.4) is 0 Å². The average Bonchev–Trinajstić information content (AvgIpc) is 2.97. The molecule has 92 valence electrons. The molecule has 0 aromatic carbocycles. The number of nitrogens with two attached hydrogens (primary N) is 1. The molecule has 0 unspecified atom stereocenters. The van der Waals surface area contributed by atoms with E-state index in [2.05, 4.69) is 20.4 Å². The molecular formula is C9H9N7OS. The molecule has 3 heterocycles. The molecule has 8 nitrogen and oxygen atoms in total. The fourth-order valence-corrected chi connectivity index (χ4v) is 2.20. The predicted molar refractivity (Wildman–Crippen MR) is 64.1 cm³/mol. The first kappa shape index (κ1) is 11.0. The van der Waals surface area contributed by atoms with E-state index in [1.165, 1.54) is 21.9 Å². The van der Waals surface area contributed by atoms with Crippen LogP contribution < -0.4 is 11.3 Å². The van der Waals surface area contributed by atoms with Crippen LogP contribution in [0.1, 0.15) is 11.4 Å². The van der Waals surface area contributed by atoms with Gasteiger partial charge in [-0.3, -0.25) is 4.79 Å². The lowest BCUT2D eigenvalue weighted by Crippen LogP contribution is -2.16. The van der Waals surface area contributed by atoms with Crippen LogP contribution in [0.5, 0.6) is 0 Å². The molecule has 0 saturated carbocycles. The highest BCUT2D eigenvalue weighted by atomic mass is 32.1. The van der Waals surface area contributed by atoms with Gasteiger partial charge in [0.2, 0.25) is 4.96 Å². The van der Waals surface area contributed by atoms with Gasteiger partial charge in [0, 0.05) is 12.6 Å². The monoisotopic (exact) mass is 263 g/mol. The Bertz CT molecular complexity index is 743. The number of fused-ring (bicyclic) bond motifs is 1. The Kier molecular flexibility index (Phi) is 2.61. The van der Waals surface area contributed by atoms with Crippen molar-refractivity contribution >= 4 is 16.3 Å². The molecule has 0 saturated heterocycles. The standard InChI is InChI=1S/C9H9N7OS/c10-2-7-4-15(14-13-7)3-6-1-8(17)16-9(12-6)18-5-11-16/h1,4-5H,2-3,10H2. The summed E-state index contributed by atoms with van der Waals surface area (Å²) in [5.41, 5.74) is 8.15. The van der Waals surface area contributed by atoms with E-state index in [-0.39, 0.29) is 5.56 Å². The molecule has 3 rings (SSSR count). The summed E-state index contributed by atoms with van der Waals surface area (Å²) in [4.78, 5) is 16.6. The normalized spacial score (nSPS) is 11.2. The van der Waals surface area contributed by atoms with E-state index >= 15 is 0 Å². The summed E-state index contributed by atoms with van der Waals surface area (Å²) in [6.45, 7) is 0.723. The van der Waals surface area contributed by atoms with Crippen LogP contribution in [0.2, 0.25) is 0 Å². The predicted octanol–water partition coefficient (Wildman–Crippen LogP) is -0.750. The van der Waals surface area contributed by atoms with Crippen molar-refractivity contribution in [2.24, 2.45) is 5.73 Å². The molecule has 3 aromatic rings. The fraction of sp³-hybridized carbons (Fsp3) is 0.222. The molecule has 18 heavy (non-hydrogen) atoms. The average molecular weight is 263 g/mol. The van der Waals surface area contributed by atoms with Crippen LogP contribution in [0.15, 0.2) is 22.6 Å². The zero-order chi connectivity index (χ0) is 12.5. The summed E-state index contributed by atoms with van der Waals surface area (Å²) in [6, 6.07) is 1.44. The summed E-state index contributed by atoms with van der Waals surface area (Å²) in [5, 5.41) is 11.7. The van der Waals surface area contributed by atoms with Gasteiger partial charge in [-0.25, -0.2) is 9.67 Å². The highest BCUT2D eigenvalue weighted by molar-refractivity contribution is 7.14. The van der Waals surface area contributed by atoms with Crippen molar-refractivity contribution in [3.8, 4) is 0 Å². The second kappa shape index (κ2) is 4.27. The summed E-state index contributed by atoms with van der Waals surface area (Å²) < 4.78 is 2.86. The molecule has 3 aromatic heterocycles. The van der Waals surface area contributed by atoms with Crippen molar-refractivity contribution in [2.75, 3.05) is 0 Å². The molecule has 0 aliphatic heterocycles. The van der Waals surface area contributed by atoms with Gasteiger partial charge in [-0.05, 0) is 0 Å². The van der Waals surface area contributed by atoms with Crippen LogP contribution in [0.4, 0.5) is 0 Å². The highest BCUT2D eigenvalue weighted by Gasteiger charge is 2.06. The molecular weight excluding hydrogens is 254 g/mol. The topological polar surface area (TPSA) is 104 Å². The second-order valence-electron chi connectivity index (χ2n) is 3.63. The summed E-state index contributed by atoms with van der Waals surface area (Å²) in [5.74, 6) is 0. The Balaban J connectivity index is 1.96. The molecule has 0 spiro atoms. The van der Waals surface area contributed by atoms with Crippen molar-refractivity contribution in [1.82, 2.24) is 29.6 Å². The van der Waals surface area contributed by atoms with Gasteiger partial charge >= 0.3 is 0 Å². The van der Waals surface area contributed by atoms with Crippen molar-refractivity contribution < 1.29 is 0 Å². The van der Waals surface area contributed by atoms with Crippen LogP contribution >= 0.6 is 11.3 Å². The van der Waals surface area contributed by atoms with Crippen molar-refractivity contribution in [3.05, 3.63) is 39.5 Å². The Morgan fingerprint density at radius 1 is 1.39 bits per heavy atom. The fourth-order valence-electron chi connectivity index (χ4n) is 1.56. The van der Waals surface area contributed by atoms with E-state index < -0.39 is 0 Å². The van der Waals surface area contributed by atoms with Crippen LogP contribution in [0.25, 0.3) is 4.96 Å². The van der Waals surface area contributed by atoms with E-state index in [1.807, 2.05) is 0 Å². The largest absolute Gasteiger partial charge is 0.325 e. The van der Waals surface area contributed by atoms with Gasteiger partial charge in [-0.2, -0.15) is 9.61 Å². The van der Waals surface area contributed by atoms with E-state index in [9.17, 15) is 4.79 Å². The zero-order valence-corrected chi connectivity index (χ0v) is 10.0. The molecule has 0 radical (unpaired) electrons. The Morgan fingerprint density at radius 2 is 2.28 bits per heavy atom. The summed E-state index contributed by atoms with van der Waals surface area (Å²) >= 11 is 1.31. The van der Waals surface area contributed by atoms with Gasteiger partial charge in [0.25, 0.3) is 5.56 Å². The van der Waals surface area contributed by atoms with E-state index in [0.717, 1.165) is 0 Å².